The van der Waals surface area contributed by atoms with E-state index >= 15 is 0 Å². The van der Waals surface area contributed by atoms with E-state index in [0.717, 1.165) is 13.1 Å². The molecule has 1 aromatic carbocycles. The second kappa shape index (κ2) is 7.42. The molecule has 2 rings (SSSR count). The van der Waals surface area contributed by atoms with Crippen molar-refractivity contribution in [1.82, 2.24) is 14.5 Å². The minimum atomic E-state index is -3.57. The molecule has 0 aliphatic carbocycles. The number of benzene rings is 1. The van der Waals surface area contributed by atoms with Crippen molar-refractivity contribution in [1.29, 1.82) is 0 Å². The predicted octanol–water partition coefficient (Wildman–Crippen LogP) is 1.07. The molecular formula is C16H25N3O3S. The molecule has 1 fully saturated rings. The molecular weight excluding hydrogens is 314 g/mol. The second-order valence-corrected chi connectivity index (χ2v) is 7.52. The molecule has 0 aromatic heterocycles. The van der Waals surface area contributed by atoms with Gasteiger partial charge < -0.3 is 10.2 Å². The van der Waals surface area contributed by atoms with E-state index in [0.29, 0.717) is 37.3 Å². The van der Waals surface area contributed by atoms with Crippen LogP contribution in [0.25, 0.3) is 0 Å². The zero-order valence-electron chi connectivity index (χ0n) is 14.0. The normalized spacial score (nSPS) is 15.9. The first-order valence-corrected chi connectivity index (χ1v) is 9.46. The first-order chi connectivity index (χ1) is 10.9. The quantitative estimate of drug-likeness (QED) is 0.871. The summed E-state index contributed by atoms with van der Waals surface area (Å²) in [4.78, 5) is 14.6. The molecule has 0 bridgehead atoms. The standard InChI is InChI=1S/C16H25N3O3S/c1-4-19(5-2)23(21,22)15-12-14(7-6-13(15)3)16(20)18-10-8-17-9-11-18/h6-7,12,17H,4-5,8-11H2,1-3H3. The summed E-state index contributed by atoms with van der Waals surface area (Å²) in [6, 6.07) is 4.94. The summed E-state index contributed by atoms with van der Waals surface area (Å²) in [7, 11) is -3.57. The van der Waals surface area contributed by atoms with Crippen LogP contribution in [0.1, 0.15) is 29.8 Å². The number of nitrogens with zero attached hydrogens (tertiary/aromatic N) is 2. The van der Waals surface area contributed by atoms with Gasteiger partial charge in [0.2, 0.25) is 10.0 Å². The van der Waals surface area contributed by atoms with Crippen LogP contribution >= 0.6 is 0 Å². The van der Waals surface area contributed by atoms with E-state index in [2.05, 4.69) is 5.32 Å². The lowest BCUT2D eigenvalue weighted by molar-refractivity contribution is 0.0735. The van der Waals surface area contributed by atoms with Gasteiger partial charge in [0.25, 0.3) is 5.91 Å². The highest BCUT2D eigenvalue weighted by atomic mass is 32.2. The molecule has 23 heavy (non-hydrogen) atoms. The summed E-state index contributed by atoms with van der Waals surface area (Å²) in [6.07, 6.45) is 0. The number of rotatable bonds is 5. The van der Waals surface area contributed by atoms with Crippen LogP contribution in [0, 0.1) is 6.92 Å². The van der Waals surface area contributed by atoms with Gasteiger partial charge in [0, 0.05) is 44.8 Å². The van der Waals surface area contributed by atoms with Crippen molar-refractivity contribution in [2.75, 3.05) is 39.3 Å². The van der Waals surface area contributed by atoms with E-state index in [1.54, 1.807) is 24.0 Å². The Balaban J connectivity index is 2.37. The van der Waals surface area contributed by atoms with E-state index in [1.807, 2.05) is 13.8 Å². The second-order valence-electron chi connectivity index (χ2n) is 5.61. The Morgan fingerprint density at radius 2 is 1.83 bits per heavy atom. The molecule has 1 amide bonds. The molecule has 0 spiro atoms. The number of carbonyl (C=O) groups is 1. The number of hydrogen-bond acceptors (Lipinski definition) is 4. The highest BCUT2D eigenvalue weighted by Gasteiger charge is 2.26. The molecule has 0 radical (unpaired) electrons. The number of carbonyl (C=O) groups excluding carboxylic acids is 1. The van der Waals surface area contributed by atoms with Crippen LogP contribution in [0.4, 0.5) is 0 Å². The molecule has 1 saturated heterocycles. The Morgan fingerprint density at radius 3 is 2.39 bits per heavy atom. The molecule has 1 aromatic rings. The van der Waals surface area contributed by atoms with Crippen LogP contribution in [0.15, 0.2) is 23.1 Å². The molecule has 128 valence electrons. The van der Waals surface area contributed by atoms with E-state index in [1.165, 1.54) is 10.4 Å². The maximum atomic E-state index is 12.8. The summed E-state index contributed by atoms with van der Waals surface area (Å²) in [5.41, 5.74) is 1.09. The van der Waals surface area contributed by atoms with E-state index in [4.69, 9.17) is 0 Å². The first kappa shape index (κ1) is 17.9. The first-order valence-electron chi connectivity index (χ1n) is 8.02. The Kier molecular flexibility index (Phi) is 5.78. The van der Waals surface area contributed by atoms with Crippen molar-refractivity contribution in [3.63, 3.8) is 0 Å². The summed E-state index contributed by atoms with van der Waals surface area (Å²) in [6.45, 7) is 9.02. The van der Waals surface area contributed by atoms with E-state index in [9.17, 15) is 13.2 Å². The van der Waals surface area contributed by atoms with E-state index in [-0.39, 0.29) is 10.8 Å². The van der Waals surface area contributed by atoms with Gasteiger partial charge in [-0.25, -0.2) is 8.42 Å². The lowest BCUT2D eigenvalue weighted by Crippen LogP contribution is -2.46. The number of hydrogen-bond donors (Lipinski definition) is 1. The Hall–Kier alpha value is -1.44. The average molecular weight is 339 g/mol. The highest BCUT2D eigenvalue weighted by Crippen LogP contribution is 2.22. The lowest BCUT2D eigenvalue weighted by Gasteiger charge is -2.28. The molecule has 1 N–H and O–H groups in total. The molecule has 0 atom stereocenters. The third kappa shape index (κ3) is 3.73. The molecule has 6 nitrogen and oxygen atoms in total. The fourth-order valence-electron chi connectivity index (χ4n) is 2.76. The van der Waals surface area contributed by atoms with E-state index < -0.39 is 10.0 Å². The topological polar surface area (TPSA) is 69.7 Å². The fourth-order valence-corrected chi connectivity index (χ4v) is 4.47. The monoisotopic (exact) mass is 339 g/mol. The van der Waals surface area contributed by atoms with Gasteiger partial charge in [-0.3, -0.25) is 4.79 Å². The van der Waals surface area contributed by atoms with Crippen molar-refractivity contribution in [3.8, 4) is 0 Å². The third-order valence-electron chi connectivity index (χ3n) is 4.16. The van der Waals surface area contributed by atoms with Gasteiger partial charge in [0.1, 0.15) is 0 Å². The SMILES string of the molecule is CCN(CC)S(=O)(=O)c1cc(C(=O)N2CCNCC2)ccc1C. The minimum absolute atomic E-state index is 0.109. The molecule has 7 heteroatoms. The summed E-state index contributed by atoms with van der Waals surface area (Å²) in [5, 5.41) is 3.20. The maximum absolute atomic E-state index is 12.8. The summed E-state index contributed by atoms with van der Waals surface area (Å²) >= 11 is 0. The minimum Gasteiger partial charge on any atom is -0.336 e. The van der Waals surface area contributed by atoms with Crippen molar-refractivity contribution in [3.05, 3.63) is 29.3 Å². The number of nitrogens with one attached hydrogen (secondary N) is 1. The molecule has 1 heterocycles. The van der Waals surface area contributed by atoms with Gasteiger partial charge in [-0.15, -0.1) is 0 Å². The Labute approximate surface area is 138 Å². The number of amides is 1. The van der Waals surface area contributed by atoms with Crippen LogP contribution in [0.2, 0.25) is 0 Å². The van der Waals surface area contributed by atoms with Gasteiger partial charge in [-0.2, -0.15) is 4.31 Å². The summed E-state index contributed by atoms with van der Waals surface area (Å²) in [5.74, 6) is -0.109. The van der Waals surface area contributed by atoms with Crippen molar-refractivity contribution >= 4 is 15.9 Å². The van der Waals surface area contributed by atoms with Crippen molar-refractivity contribution < 1.29 is 13.2 Å². The third-order valence-corrected chi connectivity index (χ3v) is 6.35. The van der Waals surface area contributed by atoms with Gasteiger partial charge in [-0.1, -0.05) is 19.9 Å². The number of piperazine rings is 1. The van der Waals surface area contributed by atoms with Crippen LogP contribution < -0.4 is 5.32 Å². The van der Waals surface area contributed by atoms with Crippen LogP contribution in [-0.4, -0.2) is 62.8 Å². The van der Waals surface area contributed by atoms with Crippen LogP contribution in [0.3, 0.4) is 0 Å². The lowest BCUT2D eigenvalue weighted by atomic mass is 10.1. The molecule has 0 unspecified atom stereocenters. The Bertz CT molecular complexity index is 663. The maximum Gasteiger partial charge on any atom is 0.253 e. The zero-order valence-corrected chi connectivity index (χ0v) is 14.8. The van der Waals surface area contributed by atoms with Crippen molar-refractivity contribution in [2.45, 2.75) is 25.7 Å². The smallest absolute Gasteiger partial charge is 0.253 e. The number of sulfonamides is 1. The average Bonchev–Trinajstić information content (AvgIpc) is 2.56. The molecule has 0 saturated carbocycles. The molecule has 1 aliphatic rings. The van der Waals surface area contributed by atoms with Gasteiger partial charge in [0.05, 0.1) is 4.90 Å². The van der Waals surface area contributed by atoms with Gasteiger partial charge in [-0.05, 0) is 24.6 Å². The van der Waals surface area contributed by atoms with Gasteiger partial charge >= 0.3 is 0 Å². The van der Waals surface area contributed by atoms with Crippen molar-refractivity contribution in [2.24, 2.45) is 0 Å². The summed E-state index contributed by atoms with van der Waals surface area (Å²) < 4.78 is 26.9. The fraction of sp³-hybridized carbons (Fsp3) is 0.562. The molecule has 1 aliphatic heterocycles. The Morgan fingerprint density at radius 1 is 1.22 bits per heavy atom. The zero-order chi connectivity index (χ0) is 17.0. The predicted molar refractivity (Wildman–Crippen MR) is 90.1 cm³/mol. The highest BCUT2D eigenvalue weighted by molar-refractivity contribution is 7.89. The van der Waals surface area contributed by atoms with Crippen LogP contribution in [-0.2, 0) is 10.0 Å². The van der Waals surface area contributed by atoms with Gasteiger partial charge in [0.15, 0.2) is 0 Å². The number of aryl methyl sites for hydroxylation is 1. The van der Waals surface area contributed by atoms with Crippen LogP contribution in [0.5, 0.6) is 0 Å². The largest absolute Gasteiger partial charge is 0.336 e.